The maximum Gasteiger partial charge on any atom is 0.261 e. The van der Waals surface area contributed by atoms with Crippen molar-refractivity contribution in [1.29, 1.82) is 0 Å². The standard InChI is InChI=1S/C14H10BrN3O2/c15-9-2-3-10-11(5-9)14(20)18(13(10)19)7-8-1-4-12(16)17-6-8/h1-6H,7H2,(H2,16,17). The Morgan fingerprint density at radius 1 is 1.10 bits per heavy atom. The van der Waals surface area contributed by atoms with Gasteiger partial charge in [-0.25, -0.2) is 4.98 Å². The van der Waals surface area contributed by atoms with E-state index in [1.807, 2.05) is 0 Å². The Bertz CT molecular complexity index is 713. The van der Waals surface area contributed by atoms with Crippen LogP contribution in [0.2, 0.25) is 0 Å². The van der Waals surface area contributed by atoms with Crippen LogP contribution in [0.25, 0.3) is 0 Å². The molecule has 0 aliphatic carbocycles. The predicted octanol–water partition coefficient (Wildman–Crippen LogP) is 2.22. The van der Waals surface area contributed by atoms with Gasteiger partial charge in [0, 0.05) is 10.7 Å². The van der Waals surface area contributed by atoms with E-state index in [-0.39, 0.29) is 18.4 Å². The molecule has 6 heteroatoms. The lowest BCUT2D eigenvalue weighted by atomic mass is 10.1. The van der Waals surface area contributed by atoms with Gasteiger partial charge in [0.05, 0.1) is 17.7 Å². The van der Waals surface area contributed by atoms with Crippen LogP contribution in [0.3, 0.4) is 0 Å². The van der Waals surface area contributed by atoms with E-state index in [0.29, 0.717) is 16.9 Å². The Kier molecular flexibility index (Phi) is 3.02. The largest absolute Gasteiger partial charge is 0.384 e. The van der Waals surface area contributed by atoms with Crippen molar-refractivity contribution in [3.8, 4) is 0 Å². The molecule has 1 aliphatic heterocycles. The van der Waals surface area contributed by atoms with Crippen molar-refractivity contribution in [2.24, 2.45) is 0 Å². The Morgan fingerprint density at radius 3 is 2.55 bits per heavy atom. The molecule has 0 unspecified atom stereocenters. The fourth-order valence-electron chi connectivity index (χ4n) is 2.12. The third kappa shape index (κ3) is 2.08. The molecular weight excluding hydrogens is 322 g/mol. The van der Waals surface area contributed by atoms with Crippen molar-refractivity contribution < 1.29 is 9.59 Å². The van der Waals surface area contributed by atoms with Crippen LogP contribution in [-0.4, -0.2) is 21.7 Å². The second kappa shape index (κ2) is 4.72. The van der Waals surface area contributed by atoms with E-state index in [1.54, 1.807) is 36.5 Å². The summed E-state index contributed by atoms with van der Waals surface area (Å²) in [6.07, 6.45) is 1.56. The van der Waals surface area contributed by atoms with Gasteiger partial charge in [0.1, 0.15) is 5.82 Å². The second-order valence-electron chi connectivity index (χ2n) is 4.48. The molecule has 2 amide bonds. The summed E-state index contributed by atoms with van der Waals surface area (Å²) in [5, 5.41) is 0. The fraction of sp³-hybridized carbons (Fsp3) is 0.0714. The summed E-state index contributed by atoms with van der Waals surface area (Å²) in [5.41, 5.74) is 7.12. The van der Waals surface area contributed by atoms with Crippen LogP contribution in [0.4, 0.5) is 5.82 Å². The first-order valence-electron chi connectivity index (χ1n) is 5.92. The second-order valence-corrected chi connectivity index (χ2v) is 5.39. The lowest BCUT2D eigenvalue weighted by molar-refractivity contribution is 0.0642. The van der Waals surface area contributed by atoms with E-state index >= 15 is 0 Å². The predicted molar refractivity (Wildman–Crippen MR) is 77.0 cm³/mol. The highest BCUT2D eigenvalue weighted by molar-refractivity contribution is 9.10. The van der Waals surface area contributed by atoms with Crippen LogP contribution in [0.15, 0.2) is 41.0 Å². The van der Waals surface area contributed by atoms with E-state index in [2.05, 4.69) is 20.9 Å². The average Bonchev–Trinajstić information content (AvgIpc) is 2.66. The number of rotatable bonds is 2. The Morgan fingerprint density at radius 2 is 1.85 bits per heavy atom. The van der Waals surface area contributed by atoms with Gasteiger partial charge in [-0.1, -0.05) is 22.0 Å². The van der Waals surface area contributed by atoms with E-state index in [0.717, 1.165) is 10.0 Å². The lowest BCUT2D eigenvalue weighted by Gasteiger charge is -2.13. The summed E-state index contributed by atoms with van der Waals surface area (Å²) in [5.74, 6) is -0.169. The Balaban J connectivity index is 1.91. The summed E-state index contributed by atoms with van der Waals surface area (Å²) >= 11 is 3.30. The zero-order valence-corrected chi connectivity index (χ0v) is 11.9. The third-order valence-electron chi connectivity index (χ3n) is 3.12. The highest BCUT2D eigenvalue weighted by Gasteiger charge is 2.35. The normalized spacial score (nSPS) is 13.8. The van der Waals surface area contributed by atoms with Gasteiger partial charge in [0.15, 0.2) is 0 Å². The smallest absolute Gasteiger partial charge is 0.261 e. The van der Waals surface area contributed by atoms with E-state index in [1.165, 1.54) is 4.90 Å². The molecule has 0 saturated heterocycles. The van der Waals surface area contributed by atoms with Crippen molar-refractivity contribution in [2.75, 3.05) is 5.73 Å². The molecule has 1 aromatic carbocycles. The van der Waals surface area contributed by atoms with Crippen LogP contribution in [-0.2, 0) is 6.54 Å². The molecule has 20 heavy (non-hydrogen) atoms. The zero-order chi connectivity index (χ0) is 14.3. The minimum Gasteiger partial charge on any atom is -0.384 e. The van der Waals surface area contributed by atoms with Crippen molar-refractivity contribution in [3.63, 3.8) is 0 Å². The highest BCUT2D eigenvalue weighted by atomic mass is 79.9. The number of hydrogen-bond acceptors (Lipinski definition) is 4. The molecule has 3 rings (SSSR count). The molecule has 1 aliphatic rings. The topological polar surface area (TPSA) is 76.3 Å². The number of imide groups is 1. The maximum atomic E-state index is 12.3. The van der Waals surface area contributed by atoms with Crippen molar-refractivity contribution in [3.05, 3.63) is 57.7 Å². The molecule has 1 aromatic heterocycles. The number of amides is 2. The summed E-state index contributed by atoms with van der Waals surface area (Å²) in [6.45, 7) is 0.192. The molecule has 2 aromatic rings. The average molecular weight is 332 g/mol. The number of carbonyl (C=O) groups is 2. The van der Waals surface area contributed by atoms with Crippen LogP contribution < -0.4 is 5.73 Å². The number of carbonyl (C=O) groups excluding carboxylic acids is 2. The SMILES string of the molecule is Nc1ccc(CN2C(=O)c3ccc(Br)cc3C2=O)cn1. The Labute approximate surface area is 123 Å². The van der Waals surface area contributed by atoms with Gasteiger partial charge in [-0.2, -0.15) is 0 Å². The van der Waals surface area contributed by atoms with Gasteiger partial charge >= 0.3 is 0 Å². The summed E-state index contributed by atoms with van der Waals surface area (Å²) in [6, 6.07) is 8.46. The quantitative estimate of drug-likeness (QED) is 0.856. The van der Waals surface area contributed by atoms with Gasteiger partial charge in [-0.15, -0.1) is 0 Å². The van der Waals surface area contributed by atoms with Crippen LogP contribution in [0.1, 0.15) is 26.3 Å². The monoisotopic (exact) mass is 331 g/mol. The number of pyridine rings is 1. The van der Waals surface area contributed by atoms with Crippen LogP contribution >= 0.6 is 15.9 Å². The lowest BCUT2D eigenvalue weighted by Crippen LogP contribution is -2.29. The van der Waals surface area contributed by atoms with E-state index in [9.17, 15) is 9.59 Å². The number of nitrogens with two attached hydrogens (primary N) is 1. The first-order chi connectivity index (χ1) is 9.56. The number of fused-ring (bicyclic) bond motifs is 1. The van der Waals surface area contributed by atoms with Crippen molar-refractivity contribution >= 4 is 33.6 Å². The number of halogens is 1. The molecule has 0 fully saturated rings. The number of benzene rings is 1. The van der Waals surface area contributed by atoms with Crippen molar-refractivity contribution in [1.82, 2.24) is 9.88 Å². The zero-order valence-electron chi connectivity index (χ0n) is 10.3. The number of hydrogen-bond donors (Lipinski definition) is 1. The number of aromatic nitrogens is 1. The Hall–Kier alpha value is -2.21. The molecule has 0 saturated carbocycles. The van der Waals surface area contributed by atoms with E-state index in [4.69, 9.17) is 5.73 Å². The molecule has 0 bridgehead atoms. The van der Waals surface area contributed by atoms with Gasteiger partial charge in [0.2, 0.25) is 0 Å². The first-order valence-corrected chi connectivity index (χ1v) is 6.72. The molecule has 2 N–H and O–H groups in total. The molecule has 0 spiro atoms. The first kappa shape index (κ1) is 12.8. The summed E-state index contributed by atoms with van der Waals surface area (Å²) < 4.78 is 0.772. The molecule has 2 heterocycles. The van der Waals surface area contributed by atoms with E-state index < -0.39 is 0 Å². The van der Waals surface area contributed by atoms with Gasteiger partial charge in [-0.3, -0.25) is 14.5 Å². The number of nitrogens with zero attached hydrogens (tertiary/aromatic N) is 2. The molecule has 100 valence electrons. The van der Waals surface area contributed by atoms with Crippen LogP contribution in [0.5, 0.6) is 0 Å². The summed E-state index contributed by atoms with van der Waals surface area (Å²) in [7, 11) is 0. The molecule has 0 radical (unpaired) electrons. The molecular formula is C14H10BrN3O2. The highest BCUT2D eigenvalue weighted by Crippen LogP contribution is 2.27. The van der Waals surface area contributed by atoms with Crippen molar-refractivity contribution in [2.45, 2.75) is 6.54 Å². The maximum absolute atomic E-state index is 12.3. The summed E-state index contributed by atoms with van der Waals surface area (Å²) in [4.78, 5) is 29.7. The number of nitrogen functional groups attached to an aromatic ring is 1. The van der Waals surface area contributed by atoms with Gasteiger partial charge in [-0.05, 0) is 29.8 Å². The number of anilines is 1. The third-order valence-corrected chi connectivity index (χ3v) is 3.61. The minimum atomic E-state index is -0.289. The van der Waals surface area contributed by atoms with Crippen LogP contribution in [0, 0.1) is 0 Å². The molecule has 0 atom stereocenters. The van der Waals surface area contributed by atoms with Gasteiger partial charge < -0.3 is 5.73 Å². The fourth-order valence-corrected chi connectivity index (χ4v) is 2.48. The van der Waals surface area contributed by atoms with Gasteiger partial charge in [0.25, 0.3) is 11.8 Å². The minimum absolute atomic E-state index is 0.192. The molecule has 5 nitrogen and oxygen atoms in total.